The van der Waals surface area contributed by atoms with Crippen LogP contribution in [0.15, 0.2) is 47.1 Å². The number of benzene rings is 1. The van der Waals surface area contributed by atoms with Crippen LogP contribution >= 0.6 is 0 Å². The minimum Gasteiger partial charge on any atom is -0.469 e. The van der Waals surface area contributed by atoms with Crippen LogP contribution in [-0.4, -0.2) is 6.04 Å². The van der Waals surface area contributed by atoms with E-state index < -0.39 is 0 Å². The van der Waals surface area contributed by atoms with E-state index in [9.17, 15) is 4.39 Å². The summed E-state index contributed by atoms with van der Waals surface area (Å²) in [5.74, 6) is 6.25. The van der Waals surface area contributed by atoms with Gasteiger partial charge in [-0.25, -0.2) is 4.39 Å². The predicted octanol–water partition coefficient (Wildman–Crippen LogP) is 2.43. The normalized spacial score (nSPS) is 12.6. The van der Waals surface area contributed by atoms with Crippen molar-refractivity contribution < 1.29 is 8.81 Å². The number of halogens is 1. The Balaban J connectivity index is 1.89. The molecule has 1 heterocycles. The van der Waals surface area contributed by atoms with Crippen molar-refractivity contribution >= 4 is 0 Å². The van der Waals surface area contributed by atoms with Gasteiger partial charge in [-0.05, 0) is 42.7 Å². The van der Waals surface area contributed by atoms with Crippen LogP contribution in [0.5, 0.6) is 0 Å². The SMILES string of the molecule is NNC(CCc1ccco1)Cc1cccc(F)c1. The van der Waals surface area contributed by atoms with Gasteiger partial charge in [0.15, 0.2) is 0 Å². The van der Waals surface area contributed by atoms with Crippen molar-refractivity contribution in [1.29, 1.82) is 0 Å². The van der Waals surface area contributed by atoms with Crippen LogP contribution in [0.25, 0.3) is 0 Å². The van der Waals surface area contributed by atoms with Gasteiger partial charge in [-0.2, -0.15) is 0 Å². The summed E-state index contributed by atoms with van der Waals surface area (Å²) >= 11 is 0. The van der Waals surface area contributed by atoms with E-state index in [1.165, 1.54) is 12.1 Å². The minimum absolute atomic E-state index is 0.108. The molecule has 96 valence electrons. The molecule has 0 aliphatic carbocycles. The zero-order valence-corrected chi connectivity index (χ0v) is 10.1. The Hall–Kier alpha value is -1.65. The summed E-state index contributed by atoms with van der Waals surface area (Å²) < 4.78 is 18.3. The molecule has 1 unspecified atom stereocenters. The van der Waals surface area contributed by atoms with Crippen molar-refractivity contribution in [3.63, 3.8) is 0 Å². The largest absolute Gasteiger partial charge is 0.469 e. The molecule has 0 fully saturated rings. The molecule has 0 bridgehead atoms. The van der Waals surface area contributed by atoms with Crippen LogP contribution in [0.4, 0.5) is 4.39 Å². The van der Waals surface area contributed by atoms with E-state index in [2.05, 4.69) is 5.43 Å². The maximum atomic E-state index is 13.1. The van der Waals surface area contributed by atoms with Crippen molar-refractivity contribution in [2.75, 3.05) is 0 Å². The van der Waals surface area contributed by atoms with Crippen LogP contribution in [0, 0.1) is 5.82 Å². The number of rotatable bonds is 6. The van der Waals surface area contributed by atoms with E-state index in [0.29, 0.717) is 6.42 Å². The second-order valence-electron chi connectivity index (χ2n) is 4.32. The minimum atomic E-state index is -0.214. The molecule has 1 aromatic carbocycles. The number of hydrazine groups is 1. The summed E-state index contributed by atoms with van der Waals surface area (Å²) in [7, 11) is 0. The highest BCUT2D eigenvalue weighted by Crippen LogP contribution is 2.11. The van der Waals surface area contributed by atoms with Gasteiger partial charge < -0.3 is 4.42 Å². The fourth-order valence-electron chi connectivity index (χ4n) is 1.96. The van der Waals surface area contributed by atoms with E-state index in [1.54, 1.807) is 12.3 Å². The standard InChI is InChI=1S/C14H17FN2O/c15-12-4-1-3-11(9-12)10-13(17-16)6-7-14-5-2-8-18-14/h1-5,8-9,13,17H,6-7,10,16H2. The highest BCUT2D eigenvalue weighted by molar-refractivity contribution is 5.17. The molecule has 0 saturated carbocycles. The highest BCUT2D eigenvalue weighted by Gasteiger charge is 2.09. The molecule has 2 aromatic rings. The van der Waals surface area contributed by atoms with Crippen LogP contribution in [0.2, 0.25) is 0 Å². The Bertz CT molecular complexity index is 470. The molecule has 1 atom stereocenters. The van der Waals surface area contributed by atoms with E-state index in [0.717, 1.165) is 24.2 Å². The molecule has 0 saturated heterocycles. The molecule has 0 spiro atoms. The second-order valence-corrected chi connectivity index (χ2v) is 4.32. The monoisotopic (exact) mass is 248 g/mol. The second kappa shape index (κ2) is 6.33. The van der Waals surface area contributed by atoms with Crippen LogP contribution in [0.3, 0.4) is 0 Å². The first kappa shape index (κ1) is 12.8. The van der Waals surface area contributed by atoms with E-state index in [1.807, 2.05) is 18.2 Å². The number of hydrogen-bond acceptors (Lipinski definition) is 3. The molecule has 0 amide bonds. The van der Waals surface area contributed by atoms with Gasteiger partial charge in [0.05, 0.1) is 6.26 Å². The average Bonchev–Trinajstić information content (AvgIpc) is 2.87. The van der Waals surface area contributed by atoms with Crippen LogP contribution < -0.4 is 11.3 Å². The van der Waals surface area contributed by atoms with Gasteiger partial charge in [-0.1, -0.05) is 12.1 Å². The van der Waals surface area contributed by atoms with Gasteiger partial charge in [0.2, 0.25) is 0 Å². The van der Waals surface area contributed by atoms with Crippen molar-refractivity contribution in [3.05, 3.63) is 59.8 Å². The van der Waals surface area contributed by atoms with E-state index in [4.69, 9.17) is 10.3 Å². The number of hydrogen-bond donors (Lipinski definition) is 2. The summed E-state index contributed by atoms with van der Waals surface area (Å²) in [5, 5.41) is 0. The van der Waals surface area contributed by atoms with Gasteiger partial charge >= 0.3 is 0 Å². The van der Waals surface area contributed by atoms with Crippen LogP contribution in [0.1, 0.15) is 17.7 Å². The molecule has 0 radical (unpaired) electrons. The summed E-state index contributed by atoms with van der Waals surface area (Å²) in [6.45, 7) is 0. The van der Waals surface area contributed by atoms with E-state index >= 15 is 0 Å². The number of aryl methyl sites for hydroxylation is 1. The maximum Gasteiger partial charge on any atom is 0.123 e. The molecule has 0 aliphatic heterocycles. The molecule has 18 heavy (non-hydrogen) atoms. The fourth-order valence-corrected chi connectivity index (χ4v) is 1.96. The fraction of sp³-hybridized carbons (Fsp3) is 0.286. The van der Waals surface area contributed by atoms with Gasteiger partial charge in [0, 0.05) is 12.5 Å². The predicted molar refractivity (Wildman–Crippen MR) is 68.2 cm³/mol. The van der Waals surface area contributed by atoms with Crippen molar-refractivity contribution in [1.82, 2.24) is 5.43 Å². The lowest BCUT2D eigenvalue weighted by Crippen LogP contribution is -2.37. The summed E-state index contributed by atoms with van der Waals surface area (Å²) in [5.41, 5.74) is 3.71. The van der Waals surface area contributed by atoms with Gasteiger partial charge in [0.25, 0.3) is 0 Å². The summed E-state index contributed by atoms with van der Waals surface area (Å²) in [6, 6.07) is 10.5. The molecule has 4 heteroatoms. The van der Waals surface area contributed by atoms with Crippen LogP contribution in [-0.2, 0) is 12.8 Å². The Labute approximate surface area is 106 Å². The molecule has 2 rings (SSSR count). The first-order valence-electron chi connectivity index (χ1n) is 6.01. The quantitative estimate of drug-likeness (QED) is 0.609. The maximum absolute atomic E-state index is 13.1. The third-order valence-electron chi connectivity index (χ3n) is 2.93. The highest BCUT2D eigenvalue weighted by atomic mass is 19.1. The third-order valence-corrected chi connectivity index (χ3v) is 2.93. The summed E-state index contributed by atoms with van der Waals surface area (Å²) in [4.78, 5) is 0. The lowest BCUT2D eigenvalue weighted by atomic mass is 10.0. The van der Waals surface area contributed by atoms with Gasteiger partial charge in [-0.3, -0.25) is 11.3 Å². The Kier molecular flexibility index (Phi) is 4.50. The Morgan fingerprint density at radius 2 is 2.17 bits per heavy atom. The zero-order valence-electron chi connectivity index (χ0n) is 10.1. The number of furan rings is 1. The van der Waals surface area contributed by atoms with Crippen molar-refractivity contribution in [3.8, 4) is 0 Å². The molecule has 3 N–H and O–H groups in total. The first-order valence-corrected chi connectivity index (χ1v) is 6.01. The van der Waals surface area contributed by atoms with Gasteiger partial charge in [0.1, 0.15) is 11.6 Å². The van der Waals surface area contributed by atoms with Gasteiger partial charge in [-0.15, -0.1) is 0 Å². The number of nitrogens with one attached hydrogen (secondary N) is 1. The van der Waals surface area contributed by atoms with E-state index in [-0.39, 0.29) is 11.9 Å². The Morgan fingerprint density at radius 3 is 2.83 bits per heavy atom. The van der Waals surface area contributed by atoms with Crippen molar-refractivity contribution in [2.24, 2.45) is 5.84 Å². The molecule has 0 aliphatic rings. The number of nitrogens with two attached hydrogens (primary N) is 1. The lowest BCUT2D eigenvalue weighted by molar-refractivity contribution is 0.447. The molecule has 1 aromatic heterocycles. The third kappa shape index (κ3) is 3.68. The Morgan fingerprint density at radius 1 is 1.28 bits per heavy atom. The first-order chi connectivity index (χ1) is 8.78. The smallest absolute Gasteiger partial charge is 0.123 e. The zero-order chi connectivity index (χ0) is 12.8. The topological polar surface area (TPSA) is 51.2 Å². The molecule has 3 nitrogen and oxygen atoms in total. The molecular weight excluding hydrogens is 231 g/mol. The lowest BCUT2D eigenvalue weighted by Gasteiger charge is -2.15. The molecular formula is C14H17FN2O. The summed E-state index contributed by atoms with van der Waals surface area (Å²) in [6.07, 6.45) is 4.03. The average molecular weight is 248 g/mol. The van der Waals surface area contributed by atoms with Crippen molar-refractivity contribution in [2.45, 2.75) is 25.3 Å².